The number of likely N-dealkylation sites (N-methyl/N-ethyl adjacent to an activating group) is 2. The molecule has 0 aliphatic carbocycles. The number of hydrogen-bond donors (Lipinski definition) is 1. The lowest BCUT2D eigenvalue weighted by Crippen LogP contribution is -2.37. The molecule has 18 heavy (non-hydrogen) atoms. The number of nitrogens with two attached hydrogens (primary N) is 1. The highest BCUT2D eigenvalue weighted by atomic mass is 32.2. The molecule has 0 saturated carbocycles. The molecule has 7 heteroatoms. The summed E-state index contributed by atoms with van der Waals surface area (Å²) in [6.07, 6.45) is 0. The molecule has 0 spiro atoms. The number of rotatable bonds is 4. The van der Waals surface area contributed by atoms with Gasteiger partial charge in [0.2, 0.25) is 15.9 Å². The highest BCUT2D eigenvalue weighted by Gasteiger charge is 2.25. The second kappa shape index (κ2) is 5.36. The maximum Gasteiger partial charge on any atom is 0.245 e. The first-order valence-electron chi connectivity index (χ1n) is 5.28. The first-order chi connectivity index (χ1) is 8.26. The summed E-state index contributed by atoms with van der Waals surface area (Å²) >= 11 is 0. The highest BCUT2D eigenvalue weighted by Crippen LogP contribution is 2.20. The van der Waals surface area contributed by atoms with Crippen molar-refractivity contribution in [3.63, 3.8) is 0 Å². The number of carbonyl (C=O) groups excluding carboxylic acids is 1. The molecule has 0 heterocycles. The molecule has 0 fully saturated rings. The van der Waals surface area contributed by atoms with Gasteiger partial charge < -0.3 is 10.6 Å². The SMILES string of the molecule is CN(C)C(=O)CN(C)S(=O)(=O)c1ccccc1N. The summed E-state index contributed by atoms with van der Waals surface area (Å²) < 4.78 is 25.4. The van der Waals surface area contributed by atoms with Gasteiger partial charge in [-0.15, -0.1) is 0 Å². The second-order valence-electron chi connectivity index (χ2n) is 4.09. The molecule has 0 radical (unpaired) electrons. The standard InChI is InChI=1S/C11H17N3O3S/c1-13(2)11(15)8-14(3)18(16,17)10-7-5-4-6-9(10)12/h4-7H,8,12H2,1-3H3. The van der Waals surface area contributed by atoms with Crippen molar-refractivity contribution in [2.75, 3.05) is 33.4 Å². The van der Waals surface area contributed by atoms with Gasteiger partial charge in [0.15, 0.2) is 0 Å². The van der Waals surface area contributed by atoms with Crippen LogP contribution in [-0.2, 0) is 14.8 Å². The Hall–Kier alpha value is -1.60. The van der Waals surface area contributed by atoms with Gasteiger partial charge in [-0.25, -0.2) is 8.42 Å². The number of hydrogen-bond acceptors (Lipinski definition) is 4. The summed E-state index contributed by atoms with van der Waals surface area (Å²) in [4.78, 5) is 12.9. The fraction of sp³-hybridized carbons (Fsp3) is 0.364. The molecule has 0 aliphatic heterocycles. The molecule has 1 amide bonds. The van der Waals surface area contributed by atoms with Crippen molar-refractivity contribution in [1.82, 2.24) is 9.21 Å². The zero-order chi connectivity index (χ0) is 13.9. The summed E-state index contributed by atoms with van der Waals surface area (Å²) in [7, 11) is 0.751. The van der Waals surface area contributed by atoms with E-state index in [0.29, 0.717) is 0 Å². The molecule has 1 aromatic carbocycles. The van der Waals surface area contributed by atoms with E-state index in [-0.39, 0.29) is 23.0 Å². The lowest BCUT2D eigenvalue weighted by atomic mass is 10.3. The van der Waals surface area contributed by atoms with Gasteiger partial charge in [0.1, 0.15) is 4.90 Å². The van der Waals surface area contributed by atoms with Crippen molar-refractivity contribution in [2.24, 2.45) is 0 Å². The van der Waals surface area contributed by atoms with Crippen LogP contribution in [0.2, 0.25) is 0 Å². The van der Waals surface area contributed by atoms with Gasteiger partial charge in [0, 0.05) is 21.1 Å². The van der Waals surface area contributed by atoms with E-state index in [9.17, 15) is 13.2 Å². The molecule has 0 aromatic heterocycles. The van der Waals surface area contributed by atoms with Gasteiger partial charge in [-0.05, 0) is 12.1 Å². The average molecular weight is 271 g/mol. The fourth-order valence-electron chi connectivity index (χ4n) is 1.30. The first-order valence-corrected chi connectivity index (χ1v) is 6.72. The van der Waals surface area contributed by atoms with Crippen LogP contribution in [0.3, 0.4) is 0 Å². The van der Waals surface area contributed by atoms with E-state index >= 15 is 0 Å². The van der Waals surface area contributed by atoms with E-state index < -0.39 is 10.0 Å². The number of para-hydroxylation sites is 1. The van der Waals surface area contributed by atoms with Gasteiger partial charge >= 0.3 is 0 Å². The van der Waals surface area contributed by atoms with Crippen molar-refractivity contribution in [3.05, 3.63) is 24.3 Å². The van der Waals surface area contributed by atoms with E-state index in [1.54, 1.807) is 26.2 Å². The minimum atomic E-state index is -3.74. The molecular weight excluding hydrogens is 254 g/mol. The zero-order valence-electron chi connectivity index (χ0n) is 10.6. The summed E-state index contributed by atoms with van der Waals surface area (Å²) in [6.45, 7) is -0.219. The number of amides is 1. The monoisotopic (exact) mass is 271 g/mol. The van der Waals surface area contributed by atoms with Crippen LogP contribution in [0.1, 0.15) is 0 Å². The van der Waals surface area contributed by atoms with Crippen LogP contribution in [0.25, 0.3) is 0 Å². The van der Waals surface area contributed by atoms with Crippen LogP contribution >= 0.6 is 0 Å². The van der Waals surface area contributed by atoms with Crippen LogP contribution in [0.15, 0.2) is 29.2 Å². The van der Waals surface area contributed by atoms with Crippen molar-refractivity contribution < 1.29 is 13.2 Å². The normalized spacial score (nSPS) is 11.6. The summed E-state index contributed by atoms with van der Waals surface area (Å²) in [5.41, 5.74) is 5.80. The molecule has 6 nitrogen and oxygen atoms in total. The maximum absolute atomic E-state index is 12.2. The van der Waals surface area contributed by atoms with Crippen LogP contribution in [-0.4, -0.2) is 51.2 Å². The van der Waals surface area contributed by atoms with Crippen LogP contribution in [0.4, 0.5) is 5.69 Å². The molecule has 0 aliphatic rings. The molecule has 0 unspecified atom stereocenters. The minimum absolute atomic E-state index is 0.0130. The molecule has 0 atom stereocenters. The lowest BCUT2D eigenvalue weighted by Gasteiger charge is -2.19. The van der Waals surface area contributed by atoms with Gasteiger partial charge in [-0.2, -0.15) is 4.31 Å². The predicted octanol–water partition coefficient (Wildman–Crippen LogP) is -0.0225. The third-order valence-corrected chi connectivity index (χ3v) is 4.34. The summed E-state index contributed by atoms with van der Waals surface area (Å²) in [6, 6.07) is 6.17. The minimum Gasteiger partial charge on any atom is -0.398 e. The third-order valence-electron chi connectivity index (χ3n) is 2.46. The second-order valence-corrected chi connectivity index (χ2v) is 6.10. The molecule has 0 saturated heterocycles. The first kappa shape index (κ1) is 14.5. The number of nitrogen functional groups attached to an aromatic ring is 1. The van der Waals surface area contributed by atoms with Crippen molar-refractivity contribution in [1.29, 1.82) is 0 Å². The van der Waals surface area contributed by atoms with Crippen LogP contribution in [0, 0.1) is 0 Å². The molecule has 100 valence electrons. The van der Waals surface area contributed by atoms with E-state index in [4.69, 9.17) is 5.73 Å². The smallest absolute Gasteiger partial charge is 0.245 e. The van der Waals surface area contributed by atoms with Crippen molar-refractivity contribution in [3.8, 4) is 0 Å². The van der Waals surface area contributed by atoms with E-state index in [1.165, 1.54) is 24.1 Å². The number of sulfonamides is 1. The lowest BCUT2D eigenvalue weighted by molar-refractivity contribution is -0.128. The zero-order valence-corrected chi connectivity index (χ0v) is 11.4. The van der Waals surface area contributed by atoms with E-state index in [2.05, 4.69) is 0 Å². The Kier molecular flexibility index (Phi) is 4.31. The van der Waals surface area contributed by atoms with Gasteiger partial charge in [-0.1, -0.05) is 12.1 Å². The largest absolute Gasteiger partial charge is 0.398 e. The topological polar surface area (TPSA) is 83.7 Å². The Balaban J connectivity index is 3.01. The van der Waals surface area contributed by atoms with E-state index in [1.807, 2.05) is 0 Å². The summed E-state index contributed by atoms with van der Waals surface area (Å²) in [5, 5.41) is 0. The van der Waals surface area contributed by atoms with Crippen molar-refractivity contribution in [2.45, 2.75) is 4.90 Å². The maximum atomic E-state index is 12.2. The number of nitrogens with zero attached hydrogens (tertiary/aromatic N) is 2. The quantitative estimate of drug-likeness (QED) is 0.780. The van der Waals surface area contributed by atoms with E-state index in [0.717, 1.165) is 4.31 Å². The molecule has 0 bridgehead atoms. The molecule has 1 rings (SSSR count). The predicted molar refractivity (Wildman–Crippen MR) is 69.4 cm³/mol. The fourth-order valence-corrected chi connectivity index (χ4v) is 2.53. The Bertz CT molecular complexity index is 540. The average Bonchev–Trinajstić information content (AvgIpc) is 2.28. The number of carbonyl (C=O) groups is 1. The Morgan fingerprint density at radius 3 is 2.28 bits per heavy atom. The van der Waals surface area contributed by atoms with Gasteiger partial charge in [-0.3, -0.25) is 4.79 Å². The Morgan fingerprint density at radius 1 is 1.22 bits per heavy atom. The van der Waals surface area contributed by atoms with Crippen molar-refractivity contribution >= 4 is 21.6 Å². The Labute approximate surface area is 107 Å². The molecular formula is C11H17N3O3S. The summed E-state index contributed by atoms with van der Waals surface area (Å²) in [5.74, 6) is -0.296. The Morgan fingerprint density at radius 2 is 1.78 bits per heavy atom. The van der Waals surface area contributed by atoms with Gasteiger partial charge in [0.05, 0.1) is 12.2 Å². The van der Waals surface area contributed by atoms with Crippen LogP contribution < -0.4 is 5.73 Å². The molecule has 2 N–H and O–H groups in total. The van der Waals surface area contributed by atoms with Crippen LogP contribution in [0.5, 0.6) is 0 Å². The number of anilines is 1. The number of benzene rings is 1. The highest BCUT2D eigenvalue weighted by molar-refractivity contribution is 7.89. The third kappa shape index (κ3) is 2.99. The molecule has 1 aromatic rings. The van der Waals surface area contributed by atoms with Gasteiger partial charge in [0.25, 0.3) is 0 Å².